The average Bonchev–Trinajstić information content (AvgIpc) is 3.28. The van der Waals surface area contributed by atoms with Crippen LogP contribution in [0, 0.1) is 6.92 Å². The number of piperazine rings is 1. The lowest BCUT2D eigenvalue weighted by atomic mass is 10.0. The van der Waals surface area contributed by atoms with E-state index in [1.54, 1.807) is 24.1 Å². The van der Waals surface area contributed by atoms with Crippen LogP contribution in [0.1, 0.15) is 37.8 Å². The van der Waals surface area contributed by atoms with Crippen molar-refractivity contribution < 1.29 is 14.4 Å². The van der Waals surface area contributed by atoms with Crippen molar-refractivity contribution in [2.45, 2.75) is 46.2 Å². The number of hydrogen-bond acceptors (Lipinski definition) is 6. The smallest absolute Gasteiger partial charge is 0.344 e. The number of piperidine rings is 1. The van der Waals surface area contributed by atoms with Gasteiger partial charge in [0.2, 0.25) is 11.8 Å². The molecule has 3 amide bonds. The molecule has 2 saturated heterocycles. The van der Waals surface area contributed by atoms with E-state index in [2.05, 4.69) is 50.7 Å². The van der Waals surface area contributed by atoms with E-state index in [1.807, 2.05) is 0 Å². The van der Waals surface area contributed by atoms with E-state index in [1.165, 1.54) is 28.4 Å². The van der Waals surface area contributed by atoms with Gasteiger partial charge in [-0.15, -0.1) is 5.10 Å². The molecule has 0 atom stereocenters. The molecule has 1 aromatic heterocycles. The fraction of sp³-hybridized carbons (Fsp3) is 0.520. The predicted octanol–water partition coefficient (Wildman–Crippen LogP) is 2.04. The number of benzene rings is 1. The van der Waals surface area contributed by atoms with Gasteiger partial charge < -0.3 is 20.4 Å². The zero-order chi connectivity index (χ0) is 24.9. The monoisotopic (exact) mass is 481 g/mol. The Balaban J connectivity index is 1.34. The molecule has 4 rings (SSSR count). The summed E-state index contributed by atoms with van der Waals surface area (Å²) in [6, 6.07) is 8.33. The van der Waals surface area contributed by atoms with Gasteiger partial charge in [0.25, 0.3) is 0 Å². The standard InChI is InChI=1S/C25H35N7O3/c1-18-4-5-21(23(16-18)30-9-6-22(7-10-30)26-19(2)33)17-29-12-14-31(15-13-29)25(35)32-11-8-24(28-32)27-20(3)34/h4-5,8,11,16,22H,6-7,9-10,12-15,17H2,1-3H3,(H,26,33)(H,27,28,34). The third-order valence-corrected chi connectivity index (χ3v) is 6.61. The Morgan fingerprint density at radius 3 is 2.34 bits per heavy atom. The number of nitrogens with zero attached hydrogens (tertiary/aromatic N) is 5. The first-order valence-electron chi connectivity index (χ1n) is 12.2. The molecule has 2 fully saturated rings. The lowest BCUT2D eigenvalue weighted by Gasteiger charge is -2.37. The summed E-state index contributed by atoms with van der Waals surface area (Å²) in [5.74, 6) is 0.194. The second-order valence-electron chi connectivity index (χ2n) is 9.47. The van der Waals surface area contributed by atoms with Crippen molar-refractivity contribution in [1.82, 2.24) is 24.9 Å². The highest BCUT2D eigenvalue weighted by Gasteiger charge is 2.25. The lowest BCUT2D eigenvalue weighted by Crippen LogP contribution is -2.49. The Bertz CT molecular complexity index is 1070. The Morgan fingerprint density at radius 1 is 0.971 bits per heavy atom. The number of amides is 3. The Morgan fingerprint density at radius 2 is 1.69 bits per heavy atom. The summed E-state index contributed by atoms with van der Waals surface area (Å²) in [6.07, 6.45) is 3.48. The first kappa shape index (κ1) is 24.7. The summed E-state index contributed by atoms with van der Waals surface area (Å²) in [4.78, 5) is 42.0. The van der Waals surface area contributed by atoms with Crippen LogP contribution in [0.2, 0.25) is 0 Å². The van der Waals surface area contributed by atoms with Crippen LogP contribution in [0.4, 0.5) is 16.3 Å². The summed E-state index contributed by atoms with van der Waals surface area (Å²) >= 11 is 0. The molecular weight excluding hydrogens is 446 g/mol. The van der Waals surface area contributed by atoms with Crippen LogP contribution in [-0.4, -0.2) is 82.7 Å². The lowest BCUT2D eigenvalue weighted by molar-refractivity contribution is -0.119. The van der Waals surface area contributed by atoms with Crippen LogP contribution in [0.15, 0.2) is 30.5 Å². The van der Waals surface area contributed by atoms with E-state index in [4.69, 9.17) is 0 Å². The summed E-state index contributed by atoms with van der Waals surface area (Å²) in [5.41, 5.74) is 3.80. The molecular formula is C25H35N7O3. The molecule has 10 heteroatoms. The minimum absolute atomic E-state index is 0.0399. The summed E-state index contributed by atoms with van der Waals surface area (Å²) in [6.45, 7) is 10.6. The second-order valence-corrected chi connectivity index (χ2v) is 9.47. The van der Waals surface area contributed by atoms with Crippen molar-refractivity contribution in [3.8, 4) is 0 Å². The Kier molecular flexibility index (Phi) is 7.70. The number of anilines is 2. The fourth-order valence-corrected chi connectivity index (χ4v) is 4.81. The molecule has 2 aliphatic heterocycles. The minimum atomic E-state index is -0.219. The number of hydrogen-bond donors (Lipinski definition) is 2. The third-order valence-electron chi connectivity index (χ3n) is 6.61. The van der Waals surface area contributed by atoms with Gasteiger partial charge in [0.15, 0.2) is 5.82 Å². The highest BCUT2D eigenvalue weighted by molar-refractivity contribution is 5.88. The SMILES string of the molecule is CC(=O)Nc1ccn(C(=O)N2CCN(Cc3ccc(C)cc3N3CCC(NC(C)=O)CC3)CC2)n1. The highest BCUT2D eigenvalue weighted by Crippen LogP contribution is 2.27. The van der Waals surface area contributed by atoms with E-state index < -0.39 is 0 Å². The molecule has 3 heterocycles. The van der Waals surface area contributed by atoms with Crippen molar-refractivity contribution in [3.63, 3.8) is 0 Å². The number of nitrogens with one attached hydrogen (secondary N) is 2. The summed E-state index contributed by atoms with van der Waals surface area (Å²) in [5, 5.41) is 9.80. The molecule has 2 aliphatic rings. The van der Waals surface area contributed by atoms with Crippen molar-refractivity contribution in [1.29, 1.82) is 0 Å². The van der Waals surface area contributed by atoms with Gasteiger partial charge in [0.1, 0.15) is 0 Å². The van der Waals surface area contributed by atoms with Crippen molar-refractivity contribution in [2.75, 3.05) is 49.5 Å². The predicted molar refractivity (Wildman–Crippen MR) is 134 cm³/mol. The van der Waals surface area contributed by atoms with E-state index >= 15 is 0 Å². The molecule has 0 unspecified atom stereocenters. The van der Waals surface area contributed by atoms with Gasteiger partial charge in [-0.2, -0.15) is 4.68 Å². The molecule has 2 aromatic rings. The van der Waals surface area contributed by atoms with E-state index in [0.29, 0.717) is 18.9 Å². The van der Waals surface area contributed by atoms with Crippen LogP contribution in [0.3, 0.4) is 0 Å². The quantitative estimate of drug-likeness (QED) is 0.678. The zero-order valence-electron chi connectivity index (χ0n) is 20.8. The number of carbonyl (C=O) groups excluding carboxylic acids is 3. The minimum Gasteiger partial charge on any atom is -0.371 e. The van der Waals surface area contributed by atoms with Gasteiger partial charge in [0.05, 0.1) is 0 Å². The molecule has 1 aromatic carbocycles. The second kappa shape index (κ2) is 10.9. The van der Waals surface area contributed by atoms with Crippen molar-refractivity contribution >= 4 is 29.4 Å². The van der Waals surface area contributed by atoms with E-state index in [0.717, 1.165) is 45.6 Å². The van der Waals surface area contributed by atoms with Crippen LogP contribution in [-0.2, 0) is 16.1 Å². The summed E-state index contributed by atoms with van der Waals surface area (Å²) in [7, 11) is 0. The maximum absolute atomic E-state index is 12.8. The van der Waals surface area contributed by atoms with Gasteiger partial charge in [-0.25, -0.2) is 4.79 Å². The van der Waals surface area contributed by atoms with Gasteiger partial charge in [0, 0.05) is 83.7 Å². The summed E-state index contributed by atoms with van der Waals surface area (Å²) < 4.78 is 1.28. The number of aromatic nitrogens is 2. The van der Waals surface area contributed by atoms with Crippen molar-refractivity contribution in [3.05, 3.63) is 41.6 Å². The highest BCUT2D eigenvalue weighted by atomic mass is 16.2. The number of carbonyl (C=O) groups is 3. The van der Waals surface area contributed by atoms with E-state index in [-0.39, 0.29) is 23.9 Å². The van der Waals surface area contributed by atoms with Gasteiger partial charge in [-0.05, 0) is 37.0 Å². The van der Waals surface area contributed by atoms with Crippen LogP contribution in [0.5, 0.6) is 0 Å². The molecule has 35 heavy (non-hydrogen) atoms. The largest absolute Gasteiger partial charge is 0.371 e. The molecule has 188 valence electrons. The molecule has 10 nitrogen and oxygen atoms in total. The maximum Gasteiger partial charge on any atom is 0.344 e. The van der Waals surface area contributed by atoms with Crippen LogP contribution < -0.4 is 15.5 Å². The van der Waals surface area contributed by atoms with E-state index in [9.17, 15) is 14.4 Å². The first-order valence-corrected chi connectivity index (χ1v) is 12.2. The van der Waals surface area contributed by atoms with Crippen LogP contribution in [0.25, 0.3) is 0 Å². The maximum atomic E-state index is 12.8. The Labute approximate surface area is 206 Å². The molecule has 0 radical (unpaired) electrons. The number of aryl methyl sites for hydroxylation is 1. The number of rotatable bonds is 5. The molecule has 0 aliphatic carbocycles. The van der Waals surface area contributed by atoms with Gasteiger partial charge >= 0.3 is 6.03 Å². The zero-order valence-corrected chi connectivity index (χ0v) is 20.8. The van der Waals surface area contributed by atoms with Gasteiger partial charge in [-0.1, -0.05) is 12.1 Å². The topological polar surface area (TPSA) is 103 Å². The normalized spacial score (nSPS) is 17.3. The molecule has 0 bridgehead atoms. The van der Waals surface area contributed by atoms with Crippen LogP contribution >= 0.6 is 0 Å². The Hall–Kier alpha value is -3.40. The van der Waals surface area contributed by atoms with Gasteiger partial charge in [-0.3, -0.25) is 14.5 Å². The third kappa shape index (κ3) is 6.39. The first-order chi connectivity index (χ1) is 16.8. The average molecular weight is 482 g/mol. The molecule has 0 saturated carbocycles. The molecule has 0 spiro atoms. The van der Waals surface area contributed by atoms with Crippen molar-refractivity contribution in [2.24, 2.45) is 0 Å². The molecule has 2 N–H and O–H groups in total. The fourth-order valence-electron chi connectivity index (χ4n) is 4.81.